The normalized spacial score (nSPS) is 28.2. The van der Waals surface area contributed by atoms with Gasteiger partial charge in [0.2, 0.25) is 0 Å². The van der Waals surface area contributed by atoms with E-state index in [1.165, 1.54) is 51.6 Å². The van der Waals surface area contributed by atoms with Crippen molar-refractivity contribution in [2.75, 3.05) is 13.1 Å². The van der Waals surface area contributed by atoms with E-state index in [2.05, 4.69) is 13.8 Å². The molecule has 80 valence electrons. The van der Waals surface area contributed by atoms with Gasteiger partial charge in [-0.2, -0.15) is 0 Å². The highest BCUT2D eigenvalue weighted by molar-refractivity contribution is 4.60. The van der Waals surface area contributed by atoms with Crippen LogP contribution in [0.2, 0.25) is 0 Å². The molecular formula is C11H24ClN. The second-order valence-electron chi connectivity index (χ2n) is 4.14. The predicted octanol–water partition coefficient (Wildman–Crippen LogP) is -1.36. The molecule has 1 N–H and O–H groups in total. The molecule has 0 aliphatic carbocycles. The van der Waals surface area contributed by atoms with Crippen molar-refractivity contribution in [3.05, 3.63) is 0 Å². The molecule has 1 fully saturated rings. The topological polar surface area (TPSA) is 4.44 Å². The summed E-state index contributed by atoms with van der Waals surface area (Å²) in [5.41, 5.74) is 0. The van der Waals surface area contributed by atoms with E-state index in [4.69, 9.17) is 0 Å². The van der Waals surface area contributed by atoms with Crippen LogP contribution in [0.5, 0.6) is 0 Å². The number of quaternary nitrogens is 1. The predicted molar refractivity (Wildman–Crippen MR) is 53.5 cm³/mol. The van der Waals surface area contributed by atoms with Crippen LogP contribution in [0.1, 0.15) is 52.4 Å². The Morgan fingerprint density at radius 3 is 2.54 bits per heavy atom. The van der Waals surface area contributed by atoms with Crippen molar-refractivity contribution in [3.63, 3.8) is 0 Å². The molecule has 0 aromatic rings. The molecule has 1 nitrogen and oxygen atoms in total. The van der Waals surface area contributed by atoms with Gasteiger partial charge in [0.1, 0.15) is 0 Å². The van der Waals surface area contributed by atoms with E-state index in [0.29, 0.717) is 0 Å². The van der Waals surface area contributed by atoms with Gasteiger partial charge in [-0.15, -0.1) is 0 Å². The zero-order valence-corrected chi connectivity index (χ0v) is 9.87. The van der Waals surface area contributed by atoms with E-state index < -0.39 is 0 Å². The van der Waals surface area contributed by atoms with Crippen molar-refractivity contribution in [3.8, 4) is 0 Å². The average molecular weight is 206 g/mol. The number of halogens is 1. The van der Waals surface area contributed by atoms with Crippen molar-refractivity contribution in [2.24, 2.45) is 0 Å². The number of hydrogen-bond donors (Lipinski definition) is 1. The highest BCUT2D eigenvalue weighted by atomic mass is 35.5. The molecule has 1 rings (SSSR count). The molecule has 2 heteroatoms. The van der Waals surface area contributed by atoms with E-state index >= 15 is 0 Å². The van der Waals surface area contributed by atoms with Gasteiger partial charge in [0.15, 0.2) is 0 Å². The summed E-state index contributed by atoms with van der Waals surface area (Å²) in [6, 6.07) is 1.00. The minimum absolute atomic E-state index is 0. The SMILES string of the molecule is CCCC1CCCC[NH+]1CCC.[Cl-]. The van der Waals surface area contributed by atoms with Crippen LogP contribution in [0.25, 0.3) is 0 Å². The lowest BCUT2D eigenvalue weighted by atomic mass is 9.98. The fourth-order valence-corrected chi connectivity index (χ4v) is 2.50. The molecule has 0 bridgehead atoms. The van der Waals surface area contributed by atoms with Gasteiger partial charge in [-0.3, -0.25) is 0 Å². The third-order valence-electron chi connectivity index (χ3n) is 3.09. The third-order valence-corrected chi connectivity index (χ3v) is 3.09. The summed E-state index contributed by atoms with van der Waals surface area (Å²) in [5.74, 6) is 0. The molecule has 0 spiro atoms. The van der Waals surface area contributed by atoms with Gasteiger partial charge in [-0.25, -0.2) is 0 Å². The van der Waals surface area contributed by atoms with Crippen molar-refractivity contribution < 1.29 is 17.3 Å². The molecule has 0 aromatic carbocycles. The lowest BCUT2D eigenvalue weighted by Gasteiger charge is -2.32. The summed E-state index contributed by atoms with van der Waals surface area (Å²) in [7, 11) is 0. The molecule has 1 saturated heterocycles. The number of rotatable bonds is 4. The van der Waals surface area contributed by atoms with E-state index in [0.717, 1.165) is 6.04 Å². The number of likely N-dealkylation sites (tertiary alicyclic amines) is 1. The van der Waals surface area contributed by atoms with Gasteiger partial charge >= 0.3 is 0 Å². The molecule has 0 aromatic heterocycles. The largest absolute Gasteiger partial charge is 1.00 e. The van der Waals surface area contributed by atoms with Crippen LogP contribution < -0.4 is 17.3 Å². The number of hydrogen-bond acceptors (Lipinski definition) is 0. The molecule has 0 saturated carbocycles. The standard InChI is InChI=1S/C11H23N.ClH/c1-3-7-11-8-5-6-10-12(11)9-4-2;/h11H,3-10H2,1-2H3;1H. The molecule has 1 aliphatic rings. The maximum Gasteiger partial charge on any atom is 0.0874 e. The summed E-state index contributed by atoms with van der Waals surface area (Å²) >= 11 is 0. The third kappa shape index (κ3) is 4.33. The van der Waals surface area contributed by atoms with Crippen molar-refractivity contribution in [1.82, 2.24) is 0 Å². The number of piperidine rings is 1. The van der Waals surface area contributed by atoms with Crippen molar-refractivity contribution in [1.29, 1.82) is 0 Å². The Balaban J connectivity index is 0.00000144. The van der Waals surface area contributed by atoms with Crippen LogP contribution in [-0.4, -0.2) is 19.1 Å². The Morgan fingerprint density at radius 1 is 1.15 bits per heavy atom. The molecule has 2 atom stereocenters. The maximum atomic E-state index is 2.32. The second kappa shape index (κ2) is 7.64. The van der Waals surface area contributed by atoms with Crippen LogP contribution in [0.4, 0.5) is 0 Å². The fourth-order valence-electron chi connectivity index (χ4n) is 2.50. The minimum Gasteiger partial charge on any atom is -1.00 e. The first kappa shape index (κ1) is 13.2. The Morgan fingerprint density at radius 2 is 1.92 bits per heavy atom. The molecule has 13 heavy (non-hydrogen) atoms. The molecule has 1 aliphatic heterocycles. The van der Waals surface area contributed by atoms with Crippen LogP contribution in [-0.2, 0) is 0 Å². The summed E-state index contributed by atoms with van der Waals surface area (Å²) in [6.45, 7) is 7.48. The monoisotopic (exact) mass is 205 g/mol. The minimum atomic E-state index is 0. The van der Waals surface area contributed by atoms with Gasteiger partial charge in [0.05, 0.1) is 19.1 Å². The maximum absolute atomic E-state index is 2.32. The first-order valence-corrected chi connectivity index (χ1v) is 5.73. The average Bonchev–Trinajstić information content (AvgIpc) is 2.09. The van der Waals surface area contributed by atoms with Crippen molar-refractivity contribution >= 4 is 0 Å². The Bertz CT molecular complexity index is 98.7. The quantitative estimate of drug-likeness (QED) is 0.579. The van der Waals surface area contributed by atoms with E-state index in [9.17, 15) is 0 Å². The van der Waals surface area contributed by atoms with Gasteiger partial charge in [0.25, 0.3) is 0 Å². The molecule has 2 unspecified atom stereocenters. The van der Waals surface area contributed by atoms with E-state index in [1.807, 2.05) is 4.90 Å². The Kier molecular flexibility index (Phi) is 7.78. The van der Waals surface area contributed by atoms with Crippen LogP contribution in [0.15, 0.2) is 0 Å². The second-order valence-corrected chi connectivity index (χ2v) is 4.14. The zero-order chi connectivity index (χ0) is 8.81. The lowest BCUT2D eigenvalue weighted by Crippen LogP contribution is -3.16. The van der Waals surface area contributed by atoms with Gasteiger partial charge in [-0.1, -0.05) is 20.3 Å². The summed E-state index contributed by atoms with van der Waals surface area (Å²) < 4.78 is 0. The number of nitrogens with one attached hydrogen (secondary N) is 1. The summed E-state index contributed by atoms with van der Waals surface area (Å²) in [4.78, 5) is 1.89. The van der Waals surface area contributed by atoms with Gasteiger partial charge in [-0.05, 0) is 32.1 Å². The summed E-state index contributed by atoms with van der Waals surface area (Å²) in [6.07, 6.45) is 8.62. The van der Waals surface area contributed by atoms with Gasteiger partial charge < -0.3 is 17.3 Å². The Labute approximate surface area is 89.3 Å². The first-order chi connectivity index (χ1) is 5.88. The van der Waals surface area contributed by atoms with Gasteiger partial charge in [0, 0.05) is 0 Å². The zero-order valence-electron chi connectivity index (χ0n) is 9.11. The molecular weight excluding hydrogens is 182 g/mol. The highest BCUT2D eigenvalue weighted by Crippen LogP contribution is 2.07. The van der Waals surface area contributed by atoms with E-state index in [1.54, 1.807) is 0 Å². The molecule has 0 amide bonds. The van der Waals surface area contributed by atoms with E-state index in [-0.39, 0.29) is 12.4 Å². The summed E-state index contributed by atoms with van der Waals surface area (Å²) in [5, 5.41) is 0. The van der Waals surface area contributed by atoms with Crippen LogP contribution in [0, 0.1) is 0 Å². The highest BCUT2D eigenvalue weighted by Gasteiger charge is 2.23. The smallest absolute Gasteiger partial charge is 0.0874 e. The van der Waals surface area contributed by atoms with Crippen LogP contribution >= 0.6 is 0 Å². The fraction of sp³-hybridized carbons (Fsp3) is 1.00. The lowest BCUT2D eigenvalue weighted by molar-refractivity contribution is -0.931. The Hall–Kier alpha value is 0.250. The first-order valence-electron chi connectivity index (χ1n) is 5.73. The van der Waals surface area contributed by atoms with Crippen LogP contribution in [0.3, 0.4) is 0 Å². The van der Waals surface area contributed by atoms with Crippen molar-refractivity contribution in [2.45, 2.75) is 58.4 Å². The molecule has 0 radical (unpaired) electrons. The molecule has 1 heterocycles.